The number of anilines is 3. The van der Waals surface area contributed by atoms with E-state index in [0.29, 0.717) is 28.7 Å². The molecule has 7 nitrogen and oxygen atoms in total. The quantitative estimate of drug-likeness (QED) is 0.778. The molecule has 0 aliphatic heterocycles. The predicted molar refractivity (Wildman–Crippen MR) is 83.2 cm³/mol. The summed E-state index contributed by atoms with van der Waals surface area (Å²) in [6.45, 7) is 1.82. The SMILES string of the molecule is COc1cc(Nc2nc(C)ccc2N)c(C(=O)O)cc1OC. The summed E-state index contributed by atoms with van der Waals surface area (Å²) < 4.78 is 10.3. The Kier molecular flexibility index (Phi) is 4.36. The van der Waals surface area contributed by atoms with Crippen molar-refractivity contribution >= 4 is 23.2 Å². The van der Waals surface area contributed by atoms with Crippen molar-refractivity contribution < 1.29 is 19.4 Å². The van der Waals surface area contributed by atoms with Crippen LogP contribution in [0, 0.1) is 6.92 Å². The number of hydrogen-bond donors (Lipinski definition) is 3. The van der Waals surface area contributed by atoms with Crippen LogP contribution in [0.1, 0.15) is 16.1 Å². The van der Waals surface area contributed by atoms with Crippen molar-refractivity contribution in [2.75, 3.05) is 25.3 Å². The smallest absolute Gasteiger partial charge is 0.337 e. The first kappa shape index (κ1) is 15.4. The fourth-order valence-corrected chi connectivity index (χ4v) is 1.95. The molecule has 0 saturated heterocycles. The molecule has 0 saturated carbocycles. The molecule has 2 aromatic rings. The van der Waals surface area contributed by atoms with Crippen LogP contribution in [0.25, 0.3) is 0 Å². The highest BCUT2D eigenvalue weighted by Gasteiger charge is 2.17. The molecule has 2 rings (SSSR count). The molecule has 0 unspecified atom stereocenters. The highest BCUT2D eigenvalue weighted by molar-refractivity contribution is 5.96. The zero-order valence-corrected chi connectivity index (χ0v) is 12.5. The fourth-order valence-electron chi connectivity index (χ4n) is 1.95. The Morgan fingerprint density at radius 1 is 1.23 bits per heavy atom. The van der Waals surface area contributed by atoms with Gasteiger partial charge >= 0.3 is 5.97 Å². The number of pyridine rings is 1. The summed E-state index contributed by atoms with van der Waals surface area (Å²) in [5.41, 5.74) is 7.38. The van der Waals surface area contributed by atoms with Crippen LogP contribution < -0.4 is 20.5 Å². The van der Waals surface area contributed by atoms with Gasteiger partial charge in [0.25, 0.3) is 0 Å². The van der Waals surface area contributed by atoms with Gasteiger partial charge in [-0.15, -0.1) is 0 Å². The second kappa shape index (κ2) is 6.21. The van der Waals surface area contributed by atoms with E-state index in [-0.39, 0.29) is 5.56 Å². The Morgan fingerprint density at radius 3 is 2.45 bits per heavy atom. The van der Waals surface area contributed by atoms with E-state index in [2.05, 4.69) is 10.3 Å². The number of nitrogens with zero attached hydrogens (tertiary/aromatic N) is 1. The lowest BCUT2D eigenvalue weighted by atomic mass is 10.1. The summed E-state index contributed by atoms with van der Waals surface area (Å²) in [6.07, 6.45) is 0. The molecule has 1 aromatic carbocycles. The largest absolute Gasteiger partial charge is 0.493 e. The van der Waals surface area contributed by atoms with Gasteiger partial charge in [-0.2, -0.15) is 0 Å². The first-order valence-corrected chi connectivity index (χ1v) is 6.45. The van der Waals surface area contributed by atoms with Gasteiger partial charge in [-0.25, -0.2) is 9.78 Å². The maximum absolute atomic E-state index is 11.4. The van der Waals surface area contributed by atoms with Gasteiger partial charge in [-0.3, -0.25) is 0 Å². The number of hydrogen-bond acceptors (Lipinski definition) is 6. The number of aromatic nitrogens is 1. The van der Waals surface area contributed by atoms with Crippen LogP contribution in [0.3, 0.4) is 0 Å². The van der Waals surface area contributed by atoms with Crippen molar-refractivity contribution in [2.24, 2.45) is 0 Å². The molecule has 0 spiro atoms. The number of nitrogens with one attached hydrogen (secondary N) is 1. The minimum absolute atomic E-state index is 0.0281. The topological polar surface area (TPSA) is 107 Å². The molecule has 0 atom stereocenters. The number of carboxylic acids is 1. The van der Waals surface area contributed by atoms with E-state index >= 15 is 0 Å². The van der Waals surface area contributed by atoms with Crippen LogP contribution in [0.4, 0.5) is 17.2 Å². The Bertz CT molecular complexity index is 716. The number of nitrogens with two attached hydrogens (primary N) is 1. The minimum Gasteiger partial charge on any atom is -0.493 e. The van der Waals surface area contributed by atoms with Crippen LogP contribution in [-0.2, 0) is 0 Å². The summed E-state index contributed by atoms with van der Waals surface area (Å²) in [7, 11) is 2.91. The third-order valence-corrected chi connectivity index (χ3v) is 3.07. The Hall–Kier alpha value is -2.96. The van der Waals surface area contributed by atoms with Crippen LogP contribution in [0.5, 0.6) is 11.5 Å². The molecule has 4 N–H and O–H groups in total. The molecule has 22 heavy (non-hydrogen) atoms. The lowest BCUT2D eigenvalue weighted by Crippen LogP contribution is -2.07. The van der Waals surface area contributed by atoms with Gasteiger partial charge < -0.3 is 25.6 Å². The number of ether oxygens (including phenoxy) is 2. The Labute approximate surface area is 127 Å². The summed E-state index contributed by atoms with van der Waals surface area (Å²) in [5.74, 6) is 0.0150. The molecular weight excluding hydrogens is 286 g/mol. The Morgan fingerprint density at radius 2 is 1.86 bits per heavy atom. The van der Waals surface area contributed by atoms with Crippen molar-refractivity contribution in [2.45, 2.75) is 6.92 Å². The monoisotopic (exact) mass is 303 g/mol. The average Bonchev–Trinajstić information content (AvgIpc) is 2.50. The zero-order valence-electron chi connectivity index (χ0n) is 12.5. The number of nitrogen functional groups attached to an aromatic ring is 1. The van der Waals surface area contributed by atoms with Gasteiger partial charge in [0.15, 0.2) is 17.3 Å². The number of benzene rings is 1. The first-order valence-electron chi connectivity index (χ1n) is 6.45. The molecule has 1 aromatic heterocycles. The molecule has 0 fully saturated rings. The molecule has 0 amide bonds. The van der Waals surface area contributed by atoms with Crippen LogP contribution in [0.15, 0.2) is 24.3 Å². The molecule has 0 aliphatic rings. The fraction of sp³-hybridized carbons (Fsp3) is 0.200. The van der Waals surface area contributed by atoms with Gasteiger partial charge in [-0.05, 0) is 19.1 Å². The number of aromatic carboxylic acids is 1. The molecule has 0 radical (unpaired) electrons. The number of aryl methyl sites for hydroxylation is 1. The molecule has 116 valence electrons. The van der Waals surface area contributed by atoms with Crippen LogP contribution in [0.2, 0.25) is 0 Å². The molecular formula is C15H17N3O4. The molecule has 0 aliphatic carbocycles. The van der Waals surface area contributed by atoms with Gasteiger partial charge in [-0.1, -0.05) is 0 Å². The van der Waals surface area contributed by atoms with Crippen molar-refractivity contribution in [1.29, 1.82) is 0 Å². The molecule has 1 heterocycles. The molecule has 7 heteroatoms. The average molecular weight is 303 g/mol. The summed E-state index contributed by atoms with van der Waals surface area (Å²) >= 11 is 0. The lowest BCUT2D eigenvalue weighted by Gasteiger charge is -2.15. The van der Waals surface area contributed by atoms with Crippen molar-refractivity contribution in [3.8, 4) is 11.5 Å². The second-order valence-electron chi connectivity index (χ2n) is 4.57. The van der Waals surface area contributed by atoms with Crippen molar-refractivity contribution in [1.82, 2.24) is 4.98 Å². The van der Waals surface area contributed by atoms with E-state index in [1.54, 1.807) is 12.1 Å². The maximum atomic E-state index is 11.4. The minimum atomic E-state index is -1.10. The summed E-state index contributed by atoms with van der Waals surface area (Å²) in [4.78, 5) is 15.7. The highest BCUT2D eigenvalue weighted by atomic mass is 16.5. The van der Waals surface area contributed by atoms with Crippen LogP contribution in [-0.4, -0.2) is 30.3 Å². The third kappa shape index (κ3) is 3.03. The maximum Gasteiger partial charge on any atom is 0.337 e. The van der Waals surface area contributed by atoms with Gasteiger partial charge in [0, 0.05) is 17.8 Å². The zero-order chi connectivity index (χ0) is 16.3. The number of carbonyl (C=O) groups is 1. The van der Waals surface area contributed by atoms with Gasteiger partial charge in [0.1, 0.15) is 0 Å². The predicted octanol–water partition coefficient (Wildman–Crippen LogP) is 2.43. The molecule has 0 bridgehead atoms. The van der Waals surface area contributed by atoms with E-state index in [4.69, 9.17) is 15.2 Å². The van der Waals surface area contributed by atoms with E-state index in [9.17, 15) is 9.90 Å². The van der Waals surface area contributed by atoms with Crippen molar-refractivity contribution in [3.05, 3.63) is 35.5 Å². The third-order valence-electron chi connectivity index (χ3n) is 3.07. The number of methoxy groups -OCH3 is 2. The highest BCUT2D eigenvalue weighted by Crippen LogP contribution is 2.35. The number of carboxylic acid groups (broad SMARTS) is 1. The second-order valence-corrected chi connectivity index (χ2v) is 4.57. The first-order chi connectivity index (χ1) is 10.5. The van der Waals surface area contributed by atoms with Gasteiger partial charge in [0.05, 0.1) is 31.2 Å². The van der Waals surface area contributed by atoms with E-state index in [0.717, 1.165) is 5.69 Å². The summed E-state index contributed by atoms with van der Waals surface area (Å²) in [6, 6.07) is 6.39. The van der Waals surface area contributed by atoms with E-state index in [1.807, 2.05) is 6.92 Å². The van der Waals surface area contributed by atoms with Crippen LogP contribution >= 0.6 is 0 Å². The summed E-state index contributed by atoms with van der Waals surface area (Å²) in [5, 5.41) is 12.3. The van der Waals surface area contributed by atoms with E-state index < -0.39 is 5.97 Å². The van der Waals surface area contributed by atoms with E-state index in [1.165, 1.54) is 26.4 Å². The van der Waals surface area contributed by atoms with Crippen molar-refractivity contribution in [3.63, 3.8) is 0 Å². The lowest BCUT2D eigenvalue weighted by molar-refractivity contribution is 0.0697. The number of rotatable bonds is 5. The van der Waals surface area contributed by atoms with Gasteiger partial charge in [0.2, 0.25) is 0 Å². The normalized spacial score (nSPS) is 10.1. The standard InChI is InChI=1S/C15H17N3O4/c1-8-4-5-10(16)14(17-8)18-11-7-13(22-3)12(21-2)6-9(11)15(19)20/h4-7H,16H2,1-3H3,(H,17,18)(H,19,20). The Balaban J connectivity index is 2.53.